The third kappa shape index (κ3) is 69.0. The molecule has 0 bridgehead atoms. The maximum atomic E-state index is 13.0. The van der Waals surface area contributed by atoms with E-state index in [0.717, 1.165) is 103 Å². The standard InChI is InChI=1S/C77H134O6/c1-4-7-10-13-16-19-22-25-27-29-31-33-35-37-38-40-41-43-45-47-49-52-55-58-61-64-67-70-76(79)82-73-74(72-81-75(78)69-66-63-60-57-54-51-24-21-18-15-12-9-6-3)83-77(80)71-68-65-62-59-56-53-50-48-46-44-42-39-36-34-32-30-28-26-23-20-17-14-11-8-5-2/h7,10,16,19,23,25-27,30-33,36-39,74H,4-6,8-9,11-15,17-18,20-22,24,28-29,34-35,40-73H2,1-3H3/b10-7-,19-16-,26-23-,27-25-,32-30-,33-31-,38-37-,39-36-. The number of esters is 3. The molecule has 0 radical (unpaired) electrons. The summed E-state index contributed by atoms with van der Waals surface area (Å²) in [6.45, 7) is 6.55. The Bertz CT molecular complexity index is 1610. The highest BCUT2D eigenvalue weighted by Gasteiger charge is 2.19. The van der Waals surface area contributed by atoms with E-state index in [2.05, 4.69) is 118 Å². The Kier molecular flexibility index (Phi) is 67.7. The van der Waals surface area contributed by atoms with Crippen LogP contribution in [0.15, 0.2) is 97.2 Å². The van der Waals surface area contributed by atoms with Crippen LogP contribution in [0.1, 0.15) is 355 Å². The molecule has 0 aromatic carbocycles. The lowest BCUT2D eigenvalue weighted by molar-refractivity contribution is -0.167. The highest BCUT2D eigenvalue weighted by atomic mass is 16.6. The zero-order valence-corrected chi connectivity index (χ0v) is 54.9. The maximum Gasteiger partial charge on any atom is 0.306 e. The predicted octanol–water partition coefficient (Wildman–Crippen LogP) is 24.8. The van der Waals surface area contributed by atoms with Gasteiger partial charge in [-0.15, -0.1) is 0 Å². The van der Waals surface area contributed by atoms with Gasteiger partial charge in [0.15, 0.2) is 6.10 Å². The molecule has 1 unspecified atom stereocenters. The van der Waals surface area contributed by atoms with Crippen molar-refractivity contribution in [2.75, 3.05) is 13.2 Å². The molecule has 0 N–H and O–H groups in total. The van der Waals surface area contributed by atoms with Crippen molar-refractivity contribution in [1.82, 2.24) is 0 Å². The molecular weight excluding hydrogens is 1020 g/mol. The molecule has 0 heterocycles. The minimum absolute atomic E-state index is 0.0760. The van der Waals surface area contributed by atoms with Crippen molar-refractivity contribution < 1.29 is 28.6 Å². The van der Waals surface area contributed by atoms with E-state index < -0.39 is 6.10 Å². The van der Waals surface area contributed by atoms with E-state index >= 15 is 0 Å². The molecule has 0 aromatic rings. The van der Waals surface area contributed by atoms with Gasteiger partial charge in [0.1, 0.15) is 13.2 Å². The van der Waals surface area contributed by atoms with Crippen LogP contribution in [0.25, 0.3) is 0 Å². The average molecular weight is 1160 g/mol. The molecule has 0 rings (SSSR count). The van der Waals surface area contributed by atoms with Crippen molar-refractivity contribution >= 4 is 17.9 Å². The smallest absolute Gasteiger partial charge is 0.306 e. The molecule has 0 aliphatic carbocycles. The molecule has 0 aromatic heterocycles. The number of hydrogen-bond donors (Lipinski definition) is 0. The largest absolute Gasteiger partial charge is 0.462 e. The number of hydrogen-bond acceptors (Lipinski definition) is 6. The highest BCUT2D eigenvalue weighted by molar-refractivity contribution is 5.71. The number of carbonyl (C=O) groups is 3. The summed E-state index contributed by atoms with van der Waals surface area (Å²) in [6.07, 6.45) is 95.7. The van der Waals surface area contributed by atoms with E-state index in [1.54, 1.807) is 0 Å². The van der Waals surface area contributed by atoms with Crippen molar-refractivity contribution in [1.29, 1.82) is 0 Å². The minimum Gasteiger partial charge on any atom is -0.462 e. The molecule has 0 amide bonds. The zero-order valence-electron chi connectivity index (χ0n) is 54.9. The lowest BCUT2D eigenvalue weighted by Gasteiger charge is -2.18. The number of unbranched alkanes of at least 4 members (excludes halogenated alkanes) is 38. The summed E-state index contributed by atoms with van der Waals surface area (Å²) in [6, 6.07) is 0. The van der Waals surface area contributed by atoms with Gasteiger partial charge in [-0.25, -0.2) is 0 Å². The van der Waals surface area contributed by atoms with Crippen LogP contribution >= 0.6 is 0 Å². The molecule has 0 aliphatic rings. The summed E-state index contributed by atoms with van der Waals surface area (Å²) in [4.78, 5) is 38.5. The highest BCUT2D eigenvalue weighted by Crippen LogP contribution is 2.17. The maximum absolute atomic E-state index is 13.0. The first-order valence-corrected chi connectivity index (χ1v) is 35.7. The van der Waals surface area contributed by atoms with Gasteiger partial charge in [0, 0.05) is 19.3 Å². The second kappa shape index (κ2) is 70.8. The Hall–Kier alpha value is -3.67. The van der Waals surface area contributed by atoms with Gasteiger partial charge in [0.2, 0.25) is 0 Å². The van der Waals surface area contributed by atoms with Crippen LogP contribution in [0.3, 0.4) is 0 Å². The molecule has 6 heteroatoms. The number of rotatable bonds is 65. The monoisotopic (exact) mass is 1160 g/mol. The fourth-order valence-corrected chi connectivity index (χ4v) is 10.2. The van der Waals surface area contributed by atoms with Gasteiger partial charge < -0.3 is 14.2 Å². The first kappa shape index (κ1) is 79.3. The second-order valence-electron chi connectivity index (χ2n) is 23.8. The molecule has 83 heavy (non-hydrogen) atoms. The van der Waals surface area contributed by atoms with Crippen molar-refractivity contribution in [2.24, 2.45) is 0 Å². The average Bonchev–Trinajstić information content (AvgIpc) is 3.49. The van der Waals surface area contributed by atoms with E-state index in [1.165, 1.54) is 212 Å². The van der Waals surface area contributed by atoms with Crippen LogP contribution in [-0.2, 0) is 28.6 Å². The molecular formula is C77H134O6. The molecule has 1 atom stereocenters. The molecule has 0 saturated carbocycles. The summed E-state index contributed by atoms with van der Waals surface area (Å²) >= 11 is 0. The van der Waals surface area contributed by atoms with E-state index in [-0.39, 0.29) is 31.1 Å². The molecule has 0 spiro atoms. The van der Waals surface area contributed by atoms with Gasteiger partial charge in [-0.2, -0.15) is 0 Å². The molecule has 0 saturated heterocycles. The van der Waals surface area contributed by atoms with Crippen molar-refractivity contribution in [3.63, 3.8) is 0 Å². The van der Waals surface area contributed by atoms with Gasteiger partial charge in [0.25, 0.3) is 0 Å². The van der Waals surface area contributed by atoms with Gasteiger partial charge >= 0.3 is 17.9 Å². The molecule has 6 nitrogen and oxygen atoms in total. The summed E-state index contributed by atoms with van der Waals surface area (Å²) in [7, 11) is 0. The third-order valence-electron chi connectivity index (χ3n) is 15.6. The summed E-state index contributed by atoms with van der Waals surface area (Å²) < 4.78 is 17.0. The van der Waals surface area contributed by atoms with Crippen molar-refractivity contribution in [3.8, 4) is 0 Å². The summed E-state index contributed by atoms with van der Waals surface area (Å²) in [5.41, 5.74) is 0. The number of ether oxygens (including phenoxy) is 3. The zero-order chi connectivity index (χ0) is 59.9. The first-order valence-electron chi connectivity index (χ1n) is 35.7. The SMILES string of the molecule is CC/C=C\C/C=C\C/C=C\C/C=C\C/C=C\CCCCCCCCCCCCCC(=O)OCC(COC(=O)CCCCCCCCCCCCCCC)OC(=O)CCCCCCCCCCCC/C=C\C/C=C\C/C=C\CCCCCCC. The second-order valence-corrected chi connectivity index (χ2v) is 23.8. The Morgan fingerprint density at radius 3 is 0.735 bits per heavy atom. The Labute approximate surface area is 515 Å². The molecule has 478 valence electrons. The van der Waals surface area contributed by atoms with E-state index in [1.807, 2.05) is 0 Å². The number of carbonyl (C=O) groups excluding carboxylic acids is 3. The molecule has 0 fully saturated rings. The number of allylic oxidation sites excluding steroid dienone is 16. The van der Waals surface area contributed by atoms with Crippen molar-refractivity contribution in [2.45, 2.75) is 361 Å². The quantitative estimate of drug-likeness (QED) is 0.0261. The predicted molar refractivity (Wildman–Crippen MR) is 362 cm³/mol. The van der Waals surface area contributed by atoms with Crippen LogP contribution in [0.4, 0.5) is 0 Å². The van der Waals surface area contributed by atoms with E-state index in [9.17, 15) is 14.4 Å². The fraction of sp³-hybridized carbons (Fsp3) is 0.753. The summed E-state index contributed by atoms with van der Waals surface area (Å²) in [5.74, 6) is -0.866. The third-order valence-corrected chi connectivity index (χ3v) is 15.6. The van der Waals surface area contributed by atoms with Crippen LogP contribution in [0, 0.1) is 0 Å². The van der Waals surface area contributed by atoms with E-state index in [0.29, 0.717) is 19.3 Å². The normalized spacial score (nSPS) is 12.7. The lowest BCUT2D eigenvalue weighted by atomic mass is 10.0. The van der Waals surface area contributed by atoms with Crippen LogP contribution in [0.5, 0.6) is 0 Å². The van der Waals surface area contributed by atoms with Crippen LogP contribution < -0.4 is 0 Å². The molecule has 0 aliphatic heterocycles. The topological polar surface area (TPSA) is 78.9 Å². The van der Waals surface area contributed by atoms with Gasteiger partial charge in [0.05, 0.1) is 0 Å². The fourth-order valence-electron chi connectivity index (χ4n) is 10.2. The minimum atomic E-state index is -0.781. The van der Waals surface area contributed by atoms with Gasteiger partial charge in [-0.05, 0) is 103 Å². The summed E-state index contributed by atoms with van der Waals surface area (Å²) in [5, 5.41) is 0. The Balaban J connectivity index is 4.29. The van der Waals surface area contributed by atoms with Gasteiger partial charge in [-0.1, -0.05) is 330 Å². The Morgan fingerprint density at radius 2 is 0.470 bits per heavy atom. The lowest BCUT2D eigenvalue weighted by Crippen LogP contribution is -2.30. The van der Waals surface area contributed by atoms with E-state index in [4.69, 9.17) is 14.2 Å². The van der Waals surface area contributed by atoms with Crippen LogP contribution in [0.2, 0.25) is 0 Å². The van der Waals surface area contributed by atoms with Crippen molar-refractivity contribution in [3.05, 3.63) is 97.2 Å². The first-order chi connectivity index (χ1) is 41.0. The Morgan fingerprint density at radius 1 is 0.253 bits per heavy atom. The van der Waals surface area contributed by atoms with Crippen LogP contribution in [-0.4, -0.2) is 37.2 Å². The van der Waals surface area contributed by atoms with Gasteiger partial charge in [-0.3, -0.25) is 14.4 Å².